The van der Waals surface area contributed by atoms with Gasteiger partial charge in [0.15, 0.2) is 5.82 Å². The molecule has 1 atom stereocenters. The molecule has 4 nitrogen and oxygen atoms in total. The van der Waals surface area contributed by atoms with Crippen LogP contribution in [0, 0.1) is 0 Å². The molecular weight excluding hydrogens is 260 g/mol. The van der Waals surface area contributed by atoms with Crippen molar-refractivity contribution in [3.05, 3.63) is 36.2 Å². The number of nitrogens with zero attached hydrogens (tertiary/aromatic N) is 2. The van der Waals surface area contributed by atoms with Gasteiger partial charge in [-0.25, -0.2) is 0 Å². The Hall–Kier alpha value is -1.72. The van der Waals surface area contributed by atoms with E-state index in [1.165, 1.54) is 10.1 Å². The smallest absolute Gasteiger partial charge is 0.268 e. The number of fused-ring (bicyclic) bond motifs is 1. The molecule has 0 amide bonds. The van der Waals surface area contributed by atoms with E-state index in [0.29, 0.717) is 12.5 Å². The van der Waals surface area contributed by atoms with Crippen LogP contribution in [-0.4, -0.2) is 23.4 Å². The molecule has 19 heavy (non-hydrogen) atoms. The van der Waals surface area contributed by atoms with E-state index in [4.69, 9.17) is 9.26 Å². The van der Waals surface area contributed by atoms with Crippen molar-refractivity contribution < 1.29 is 9.26 Å². The molecule has 0 saturated carbocycles. The van der Waals surface area contributed by atoms with Crippen molar-refractivity contribution >= 4 is 21.4 Å². The quantitative estimate of drug-likeness (QED) is 0.717. The van der Waals surface area contributed by atoms with E-state index in [2.05, 4.69) is 28.3 Å². The number of aromatic nitrogens is 2. The minimum Gasteiger partial charge on any atom is -0.381 e. The molecule has 0 radical (unpaired) electrons. The van der Waals surface area contributed by atoms with E-state index >= 15 is 0 Å². The van der Waals surface area contributed by atoms with E-state index < -0.39 is 0 Å². The van der Waals surface area contributed by atoms with E-state index in [9.17, 15) is 0 Å². The maximum absolute atomic E-state index is 5.39. The van der Waals surface area contributed by atoms with E-state index in [0.717, 1.165) is 23.7 Å². The molecule has 0 unspecified atom stereocenters. The molecule has 1 aliphatic heterocycles. The van der Waals surface area contributed by atoms with Gasteiger partial charge in [-0.1, -0.05) is 23.4 Å². The number of hydrogen-bond donors (Lipinski definition) is 0. The molecule has 5 heteroatoms. The first-order valence-electron chi connectivity index (χ1n) is 6.30. The highest BCUT2D eigenvalue weighted by molar-refractivity contribution is 7.22. The zero-order valence-corrected chi connectivity index (χ0v) is 11.0. The number of hydrogen-bond acceptors (Lipinski definition) is 5. The van der Waals surface area contributed by atoms with E-state index in [1.807, 2.05) is 12.1 Å². The predicted octanol–water partition coefficient (Wildman–Crippen LogP) is 3.46. The highest BCUT2D eigenvalue weighted by Crippen LogP contribution is 2.33. The lowest BCUT2D eigenvalue weighted by Crippen LogP contribution is -1.99. The van der Waals surface area contributed by atoms with E-state index in [1.54, 1.807) is 11.3 Å². The van der Waals surface area contributed by atoms with Crippen molar-refractivity contribution in [2.75, 3.05) is 13.2 Å². The van der Waals surface area contributed by atoms with Gasteiger partial charge in [-0.15, -0.1) is 11.3 Å². The standard InChI is InChI=1S/C14H12N2O2S/c1-2-4-11-9(3-1)7-12(19-11)14-15-13(16-18-14)10-5-6-17-8-10/h1-4,7,10H,5-6,8H2/t10-/m1/s1. The second-order valence-electron chi connectivity index (χ2n) is 4.67. The summed E-state index contributed by atoms with van der Waals surface area (Å²) in [6, 6.07) is 10.4. The molecule has 1 fully saturated rings. The summed E-state index contributed by atoms with van der Waals surface area (Å²) in [6.45, 7) is 1.49. The van der Waals surface area contributed by atoms with Crippen molar-refractivity contribution in [2.24, 2.45) is 0 Å². The topological polar surface area (TPSA) is 48.2 Å². The summed E-state index contributed by atoms with van der Waals surface area (Å²) in [5.74, 6) is 1.67. The summed E-state index contributed by atoms with van der Waals surface area (Å²) in [6.07, 6.45) is 0.978. The van der Waals surface area contributed by atoms with Gasteiger partial charge in [0.2, 0.25) is 0 Å². The van der Waals surface area contributed by atoms with Crippen molar-refractivity contribution in [3.63, 3.8) is 0 Å². The van der Waals surface area contributed by atoms with Gasteiger partial charge in [0.05, 0.1) is 11.5 Å². The molecular formula is C14H12N2O2S. The molecule has 1 aliphatic rings. The Kier molecular flexibility index (Phi) is 2.60. The first-order chi connectivity index (χ1) is 9.40. The van der Waals surface area contributed by atoms with Crippen LogP contribution in [0.2, 0.25) is 0 Å². The molecule has 3 aromatic rings. The van der Waals surface area contributed by atoms with Gasteiger partial charge in [-0.05, 0) is 23.9 Å². The minimum atomic E-state index is 0.284. The van der Waals surface area contributed by atoms with Gasteiger partial charge in [-0.3, -0.25) is 0 Å². The minimum absolute atomic E-state index is 0.284. The molecule has 0 aliphatic carbocycles. The maximum atomic E-state index is 5.39. The normalized spacial score (nSPS) is 19.3. The number of ether oxygens (including phenoxy) is 1. The first kappa shape index (κ1) is 11.1. The number of rotatable bonds is 2. The molecule has 0 bridgehead atoms. The van der Waals surface area contributed by atoms with Crippen LogP contribution < -0.4 is 0 Å². The molecule has 4 rings (SSSR count). The Balaban J connectivity index is 1.71. The lowest BCUT2D eigenvalue weighted by atomic mass is 10.1. The van der Waals surface area contributed by atoms with Gasteiger partial charge in [0, 0.05) is 17.2 Å². The van der Waals surface area contributed by atoms with Crippen LogP contribution in [0.4, 0.5) is 0 Å². The highest BCUT2D eigenvalue weighted by Gasteiger charge is 2.23. The third-order valence-electron chi connectivity index (χ3n) is 3.37. The Morgan fingerprint density at radius 1 is 1.26 bits per heavy atom. The van der Waals surface area contributed by atoms with Crippen LogP contribution in [-0.2, 0) is 4.74 Å². The zero-order valence-electron chi connectivity index (χ0n) is 10.2. The fraction of sp³-hybridized carbons (Fsp3) is 0.286. The Labute approximate surface area is 114 Å². The third-order valence-corrected chi connectivity index (χ3v) is 4.48. The number of benzene rings is 1. The average molecular weight is 272 g/mol. The van der Waals surface area contributed by atoms with Crippen LogP contribution in [0.5, 0.6) is 0 Å². The molecule has 2 aromatic heterocycles. The second kappa shape index (κ2) is 4.43. The second-order valence-corrected chi connectivity index (χ2v) is 5.75. The largest absolute Gasteiger partial charge is 0.381 e. The summed E-state index contributed by atoms with van der Waals surface area (Å²) < 4.78 is 12.0. The Bertz CT molecular complexity index is 680. The van der Waals surface area contributed by atoms with Crippen molar-refractivity contribution in [2.45, 2.75) is 12.3 Å². The highest BCUT2D eigenvalue weighted by atomic mass is 32.1. The number of thiophene rings is 1. The monoisotopic (exact) mass is 272 g/mol. The molecule has 1 saturated heterocycles. The average Bonchev–Trinajstić information content (AvgIpc) is 3.17. The zero-order chi connectivity index (χ0) is 12.7. The summed E-state index contributed by atoms with van der Waals surface area (Å²) in [4.78, 5) is 5.54. The lowest BCUT2D eigenvalue weighted by molar-refractivity contribution is 0.192. The summed E-state index contributed by atoms with van der Waals surface area (Å²) in [5.41, 5.74) is 0. The molecule has 3 heterocycles. The van der Waals surface area contributed by atoms with Crippen molar-refractivity contribution in [1.82, 2.24) is 10.1 Å². The first-order valence-corrected chi connectivity index (χ1v) is 7.12. The van der Waals surface area contributed by atoms with Crippen molar-refractivity contribution in [1.29, 1.82) is 0 Å². The van der Waals surface area contributed by atoms with Gasteiger partial charge >= 0.3 is 0 Å². The predicted molar refractivity (Wildman–Crippen MR) is 73.3 cm³/mol. The van der Waals surface area contributed by atoms with Crippen LogP contribution >= 0.6 is 11.3 Å². The lowest BCUT2D eigenvalue weighted by Gasteiger charge is -1.97. The molecule has 0 N–H and O–H groups in total. The van der Waals surface area contributed by atoms with Gasteiger partial charge in [0.25, 0.3) is 5.89 Å². The van der Waals surface area contributed by atoms with Crippen LogP contribution in [0.15, 0.2) is 34.9 Å². The Morgan fingerprint density at radius 3 is 3.05 bits per heavy atom. The molecule has 96 valence electrons. The van der Waals surface area contributed by atoms with Crippen molar-refractivity contribution in [3.8, 4) is 10.8 Å². The summed E-state index contributed by atoms with van der Waals surface area (Å²) in [5, 5.41) is 5.30. The maximum Gasteiger partial charge on any atom is 0.268 e. The van der Waals surface area contributed by atoms with Crippen LogP contribution in [0.3, 0.4) is 0 Å². The Morgan fingerprint density at radius 2 is 2.21 bits per heavy atom. The SMILES string of the molecule is c1ccc2sc(-c3nc([C@@H]4CCOC4)no3)cc2c1. The van der Waals surface area contributed by atoms with Gasteiger partial charge < -0.3 is 9.26 Å². The molecule has 1 aromatic carbocycles. The van der Waals surface area contributed by atoms with Crippen LogP contribution in [0.25, 0.3) is 20.9 Å². The fourth-order valence-corrected chi connectivity index (χ4v) is 3.31. The van der Waals surface area contributed by atoms with Gasteiger partial charge in [0.1, 0.15) is 0 Å². The van der Waals surface area contributed by atoms with Crippen LogP contribution in [0.1, 0.15) is 18.2 Å². The fourth-order valence-electron chi connectivity index (χ4n) is 2.33. The summed E-state index contributed by atoms with van der Waals surface area (Å²) >= 11 is 1.68. The molecule has 0 spiro atoms. The summed E-state index contributed by atoms with van der Waals surface area (Å²) in [7, 11) is 0. The van der Waals surface area contributed by atoms with Gasteiger partial charge in [-0.2, -0.15) is 4.98 Å². The van der Waals surface area contributed by atoms with E-state index in [-0.39, 0.29) is 5.92 Å². The third kappa shape index (κ3) is 1.95.